The molecule has 2 heterocycles. The Morgan fingerprint density at radius 1 is 1.08 bits per heavy atom. The molecule has 0 spiro atoms. The zero-order valence-corrected chi connectivity index (χ0v) is 22.2. The molecule has 5 rings (SSSR count). The Bertz CT molecular complexity index is 1430. The summed E-state index contributed by atoms with van der Waals surface area (Å²) in [6.07, 6.45) is 4.74. The molecule has 0 bridgehead atoms. The molecule has 0 aliphatic heterocycles. The van der Waals surface area contributed by atoms with E-state index in [1.165, 1.54) is 23.3 Å². The molecule has 196 valence electrons. The maximum Gasteiger partial charge on any atom is 0.249 e. The minimum Gasteiger partial charge on any atom is -0.481 e. The molecule has 2 amide bonds. The van der Waals surface area contributed by atoms with Gasteiger partial charge in [-0.15, -0.1) is 0 Å². The van der Waals surface area contributed by atoms with Crippen molar-refractivity contribution in [2.24, 2.45) is 5.92 Å². The normalized spacial score (nSPS) is 13.8. The SMILES string of the molecule is COc1ccc(N(C)C(=O)[C@H](Cc2ccccc2)NC(=O)Cc2c(C)n(CC3CC3)c3ccccc23)cn1. The second-order valence-corrected chi connectivity index (χ2v) is 10.1. The topological polar surface area (TPSA) is 76.5 Å². The van der Waals surface area contributed by atoms with Gasteiger partial charge in [0.05, 0.1) is 25.4 Å². The predicted octanol–water partition coefficient (Wildman–Crippen LogP) is 4.70. The highest BCUT2D eigenvalue weighted by atomic mass is 16.5. The van der Waals surface area contributed by atoms with Crippen molar-refractivity contribution in [1.29, 1.82) is 0 Å². The molecule has 0 unspecified atom stereocenters. The van der Waals surface area contributed by atoms with Crippen LogP contribution in [0.15, 0.2) is 72.9 Å². The number of hydrogen-bond acceptors (Lipinski definition) is 4. The third kappa shape index (κ3) is 5.57. The van der Waals surface area contributed by atoms with Gasteiger partial charge in [0.15, 0.2) is 0 Å². The van der Waals surface area contributed by atoms with Crippen LogP contribution in [-0.4, -0.2) is 41.6 Å². The number of ether oxygens (including phenoxy) is 1. The number of hydrogen-bond donors (Lipinski definition) is 1. The first kappa shape index (κ1) is 25.5. The molecule has 0 saturated heterocycles. The van der Waals surface area contributed by atoms with E-state index >= 15 is 0 Å². The Kier molecular flexibility index (Phi) is 7.45. The number of carbonyl (C=O) groups excluding carboxylic acids is 2. The molecule has 0 radical (unpaired) electrons. The maximum absolute atomic E-state index is 13.7. The number of aromatic nitrogens is 2. The van der Waals surface area contributed by atoms with E-state index in [0.717, 1.165) is 34.7 Å². The van der Waals surface area contributed by atoms with Crippen molar-refractivity contribution in [1.82, 2.24) is 14.9 Å². The van der Waals surface area contributed by atoms with E-state index in [2.05, 4.69) is 33.9 Å². The second-order valence-electron chi connectivity index (χ2n) is 10.1. The summed E-state index contributed by atoms with van der Waals surface area (Å²) in [4.78, 5) is 32.9. The highest BCUT2D eigenvalue weighted by Crippen LogP contribution is 2.34. The lowest BCUT2D eigenvalue weighted by molar-refractivity contribution is -0.127. The van der Waals surface area contributed by atoms with Gasteiger partial charge in [-0.25, -0.2) is 4.98 Å². The smallest absolute Gasteiger partial charge is 0.249 e. The molecule has 2 aromatic carbocycles. The van der Waals surface area contributed by atoms with E-state index in [9.17, 15) is 9.59 Å². The van der Waals surface area contributed by atoms with Crippen molar-refractivity contribution in [3.05, 3.63) is 89.7 Å². The van der Waals surface area contributed by atoms with E-state index in [1.807, 2.05) is 42.5 Å². The predicted molar refractivity (Wildman–Crippen MR) is 149 cm³/mol. The van der Waals surface area contributed by atoms with Crippen molar-refractivity contribution >= 4 is 28.4 Å². The fourth-order valence-corrected chi connectivity index (χ4v) is 5.03. The van der Waals surface area contributed by atoms with Gasteiger partial charge in [-0.2, -0.15) is 0 Å². The summed E-state index contributed by atoms with van der Waals surface area (Å²) < 4.78 is 7.49. The number of anilines is 1. The standard InChI is InChI=1S/C31H34N4O3/c1-21-26(25-11-7-8-12-28(25)35(21)20-23-13-14-23)18-29(36)33-27(17-22-9-5-4-6-10-22)31(37)34(2)24-15-16-30(38-3)32-19-24/h4-12,15-16,19,23,27H,13-14,17-18,20H2,1-3H3,(H,33,36)/t27-/m0/s1. The fourth-order valence-electron chi connectivity index (χ4n) is 5.03. The van der Waals surface area contributed by atoms with Gasteiger partial charge in [0.1, 0.15) is 6.04 Å². The van der Waals surface area contributed by atoms with Crippen LogP contribution in [0.25, 0.3) is 10.9 Å². The minimum absolute atomic E-state index is 0.169. The van der Waals surface area contributed by atoms with Crippen LogP contribution in [0.1, 0.15) is 29.7 Å². The number of rotatable bonds is 10. The number of methoxy groups -OCH3 is 1. The molecule has 1 atom stereocenters. The molecule has 38 heavy (non-hydrogen) atoms. The molecular weight excluding hydrogens is 476 g/mol. The minimum atomic E-state index is -0.725. The number of likely N-dealkylation sites (N-methyl/N-ethyl adjacent to an activating group) is 1. The van der Waals surface area contributed by atoms with Gasteiger partial charge in [0.2, 0.25) is 17.7 Å². The summed E-state index contributed by atoms with van der Waals surface area (Å²) in [7, 11) is 3.25. The van der Waals surface area contributed by atoms with Gasteiger partial charge >= 0.3 is 0 Å². The summed E-state index contributed by atoms with van der Waals surface area (Å²) in [6.45, 7) is 3.09. The average Bonchev–Trinajstić information content (AvgIpc) is 3.74. The van der Waals surface area contributed by atoms with Crippen molar-refractivity contribution < 1.29 is 14.3 Å². The monoisotopic (exact) mass is 510 g/mol. The third-order valence-electron chi connectivity index (χ3n) is 7.40. The lowest BCUT2D eigenvalue weighted by atomic mass is 10.0. The van der Waals surface area contributed by atoms with Gasteiger partial charge in [-0.3, -0.25) is 9.59 Å². The average molecular weight is 511 g/mol. The van der Waals surface area contributed by atoms with Crippen LogP contribution >= 0.6 is 0 Å². The number of benzene rings is 2. The van der Waals surface area contributed by atoms with Gasteiger partial charge in [0.25, 0.3) is 0 Å². The lowest BCUT2D eigenvalue weighted by Gasteiger charge is -2.25. The molecule has 1 saturated carbocycles. The van der Waals surface area contributed by atoms with Crippen molar-refractivity contribution in [3.8, 4) is 5.88 Å². The summed E-state index contributed by atoms with van der Waals surface area (Å²) in [5, 5.41) is 4.16. The Hall–Kier alpha value is -4.13. The molecule has 1 aliphatic carbocycles. The quantitative estimate of drug-likeness (QED) is 0.336. The molecular formula is C31H34N4O3. The van der Waals surface area contributed by atoms with Crippen LogP contribution in [0.2, 0.25) is 0 Å². The molecule has 7 heteroatoms. The van der Waals surface area contributed by atoms with Crippen LogP contribution in [0, 0.1) is 12.8 Å². The Morgan fingerprint density at radius 3 is 2.50 bits per heavy atom. The van der Waals surface area contributed by atoms with Crippen LogP contribution in [0.3, 0.4) is 0 Å². The summed E-state index contributed by atoms with van der Waals surface area (Å²) in [6, 6.07) is 20.8. The van der Waals surface area contributed by atoms with E-state index < -0.39 is 6.04 Å². The van der Waals surface area contributed by atoms with Gasteiger partial charge in [-0.1, -0.05) is 48.5 Å². The highest BCUT2D eigenvalue weighted by molar-refractivity contribution is 5.99. The number of carbonyl (C=O) groups is 2. The summed E-state index contributed by atoms with van der Waals surface area (Å²) in [5.41, 5.74) is 4.92. The van der Waals surface area contributed by atoms with Crippen LogP contribution in [0.4, 0.5) is 5.69 Å². The Morgan fingerprint density at radius 2 is 1.82 bits per heavy atom. The molecule has 1 N–H and O–H groups in total. The first-order valence-corrected chi connectivity index (χ1v) is 13.1. The second kappa shape index (κ2) is 11.1. The van der Waals surface area contributed by atoms with Gasteiger partial charge in [0, 0.05) is 42.7 Å². The van der Waals surface area contributed by atoms with E-state index in [4.69, 9.17) is 4.74 Å². The van der Waals surface area contributed by atoms with Crippen LogP contribution in [0.5, 0.6) is 5.88 Å². The van der Waals surface area contributed by atoms with Gasteiger partial charge < -0.3 is 19.5 Å². The number of nitrogens with one attached hydrogen (secondary N) is 1. The van der Waals surface area contributed by atoms with Crippen molar-refractivity contribution in [2.45, 2.75) is 45.2 Å². The first-order valence-electron chi connectivity index (χ1n) is 13.1. The third-order valence-corrected chi connectivity index (χ3v) is 7.40. The highest BCUT2D eigenvalue weighted by Gasteiger charge is 2.28. The number of nitrogens with zero attached hydrogens (tertiary/aromatic N) is 3. The zero-order chi connectivity index (χ0) is 26.6. The fraction of sp³-hybridized carbons (Fsp3) is 0.323. The molecule has 7 nitrogen and oxygen atoms in total. The number of pyridine rings is 1. The zero-order valence-electron chi connectivity index (χ0n) is 22.2. The molecule has 4 aromatic rings. The van der Waals surface area contributed by atoms with E-state index in [-0.39, 0.29) is 18.2 Å². The van der Waals surface area contributed by atoms with E-state index in [1.54, 1.807) is 32.5 Å². The van der Waals surface area contributed by atoms with Crippen molar-refractivity contribution in [2.75, 3.05) is 19.1 Å². The first-order chi connectivity index (χ1) is 18.4. The van der Waals surface area contributed by atoms with Crippen LogP contribution < -0.4 is 15.0 Å². The van der Waals surface area contributed by atoms with Gasteiger partial charge in [-0.05, 0) is 48.9 Å². The van der Waals surface area contributed by atoms with Crippen molar-refractivity contribution in [3.63, 3.8) is 0 Å². The Balaban J connectivity index is 1.38. The summed E-state index contributed by atoms with van der Waals surface area (Å²) in [5.74, 6) is 0.821. The Labute approximate surface area is 223 Å². The molecule has 1 aliphatic rings. The number of para-hydroxylation sites is 1. The lowest BCUT2D eigenvalue weighted by Crippen LogP contribution is -2.49. The number of fused-ring (bicyclic) bond motifs is 1. The molecule has 1 fully saturated rings. The number of amides is 2. The maximum atomic E-state index is 13.7. The molecule has 2 aromatic heterocycles. The van der Waals surface area contributed by atoms with Crippen LogP contribution in [-0.2, 0) is 29.0 Å². The summed E-state index contributed by atoms with van der Waals surface area (Å²) >= 11 is 0. The van der Waals surface area contributed by atoms with E-state index in [0.29, 0.717) is 18.0 Å². The largest absolute Gasteiger partial charge is 0.481 e.